The standard InChI is InChI=1S/C23H30N4O3/c1-4-28-12-11-27-22-9-10-26(13-18-5-7-19(8-6-18)30-17(2)3)14-20(22)23(25-27)21-15-29-16-24-21/h5-8,15-17H,4,9-14H2,1-3H3. The van der Waals surface area contributed by atoms with Crippen molar-refractivity contribution < 1.29 is 13.9 Å². The van der Waals surface area contributed by atoms with Gasteiger partial charge in [-0.2, -0.15) is 5.10 Å². The number of hydrogen-bond donors (Lipinski definition) is 0. The number of aromatic nitrogens is 3. The van der Waals surface area contributed by atoms with E-state index in [0.29, 0.717) is 13.2 Å². The minimum absolute atomic E-state index is 0.186. The fourth-order valence-corrected chi connectivity index (χ4v) is 3.90. The van der Waals surface area contributed by atoms with Gasteiger partial charge in [0.1, 0.15) is 23.4 Å². The summed E-state index contributed by atoms with van der Waals surface area (Å²) < 4.78 is 18.6. The maximum absolute atomic E-state index is 5.76. The molecular weight excluding hydrogens is 380 g/mol. The van der Waals surface area contributed by atoms with Gasteiger partial charge in [-0.1, -0.05) is 12.1 Å². The van der Waals surface area contributed by atoms with Crippen LogP contribution in [0.1, 0.15) is 37.6 Å². The van der Waals surface area contributed by atoms with Crippen LogP contribution in [0, 0.1) is 0 Å². The first-order valence-corrected chi connectivity index (χ1v) is 10.7. The molecule has 0 atom stereocenters. The summed E-state index contributed by atoms with van der Waals surface area (Å²) in [4.78, 5) is 6.80. The molecule has 0 bridgehead atoms. The van der Waals surface area contributed by atoms with Crippen LogP contribution in [0.3, 0.4) is 0 Å². The Morgan fingerprint density at radius 2 is 2.03 bits per heavy atom. The predicted octanol–water partition coefficient (Wildman–Crippen LogP) is 3.92. The monoisotopic (exact) mass is 410 g/mol. The highest BCUT2D eigenvalue weighted by Gasteiger charge is 2.26. The van der Waals surface area contributed by atoms with Crippen LogP contribution in [0.15, 0.2) is 41.3 Å². The summed E-state index contributed by atoms with van der Waals surface area (Å²) in [7, 11) is 0. The molecular formula is C23H30N4O3. The van der Waals surface area contributed by atoms with Crippen LogP contribution in [-0.2, 0) is 30.8 Å². The molecule has 7 heteroatoms. The summed E-state index contributed by atoms with van der Waals surface area (Å²) >= 11 is 0. The maximum Gasteiger partial charge on any atom is 0.181 e. The number of nitrogens with zero attached hydrogens (tertiary/aromatic N) is 4. The van der Waals surface area contributed by atoms with Gasteiger partial charge >= 0.3 is 0 Å². The van der Waals surface area contributed by atoms with E-state index in [4.69, 9.17) is 19.0 Å². The highest BCUT2D eigenvalue weighted by molar-refractivity contribution is 5.59. The number of oxazole rings is 1. The Morgan fingerprint density at radius 3 is 2.73 bits per heavy atom. The van der Waals surface area contributed by atoms with E-state index in [1.807, 2.05) is 20.8 Å². The Bertz CT molecular complexity index is 932. The third-order valence-electron chi connectivity index (χ3n) is 5.24. The zero-order chi connectivity index (χ0) is 20.9. The topological polar surface area (TPSA) is 65.5 Å². The summed E-state index contributed by atoms with van der Waals surface area (Å²) in [5.74, 6) is 0.915. The molecule has 0 unspecified atom stereocenters. The van der Waals surface area contributed by atoms with E-state index in [-0.39, 0.29) is 6.10 Å². The van der Waals surface area contributed by atoms with Crippen LogP contribution in [0.4, 0.5) is 0 Å². The van der Waals surface area contributed by atoms with Crippen molar-refractivity contribution in [3.63, 3.8) is 0 Å². The third-order valence-corrected chi connectivity index (χ3v) is 5.24. The zero-order valence-corrected chi connectivity index (χ0v) is 18.0. The second kappa shape index (κ2) is 9.45. The number of hydrogen-bond acceptors (Lipinski definition) is 6. The van der Waals surface area contributed by atoms with Gasteiger partial charge in [0, 0.05) is 43.9 Å². The molecule has 7 nitrogen and oxygen atoms in total. The summed E-state index contributed by atoms with van der Waals surface area (Å²) in [5.41, 5.74) is 5.51. The molecule has 3 heterocycles. The average Bonchev–Trinajstić information content (AvgIpc) is 3.37. The summed E-state index contributed by atoms with van der Waals surface area (Å²) in [6.07, 6.45) is 4.27. The van der Waals surface area contributed by atoms with E-state index in [1.54, 1.807) is 6.26 Å². The van der Waals surface area contributed by atoms with Crippen LogP contribution in [-0.4, -0.2) is 45.5 Å². The van der Waals surface area contributed by atoms with Gasteiger partial charge < -0.3 is 13.9 Å². The molecule has 0 saturated heterocycles. The van der Waals surface area contributed by atoms with Gasteiger partial charge in [-0.25, -0.2) is 4.98 Å². The fourth-order valence-electron chi connectivity index (χ4n) is 3.90. The number of ether oxygens (including phenoxy) is 2. The first-order valence-electron chi connectivity index (χ1n) is 10.7. The quantitative estimate of drug-likeness (QED) is 0.498. The molecule has 0 radical (unpaired) electrons. The Balaban J connectivity index is 1.50. The van der Waals surface area contributed by atoms with Crippen LogP contribution in [0.5, 0.6) is 5.75 Å². The van der Waals surface area contributed by atoms with E-state index in [2.05, 4.69) is 38.8 Å². The predicted molar refractivity (Wildman–Crippen MR) is 114 cm³/mol. The number of rotatable bonds is 9. The summed E-state index contributed by atoms with van der Waals surface area (Å²) in [6, 6.07) is 8.41. The highest BCUT2D eigenvalue weighted by atomic mass is 16.5. The number of fused-ring (bicyclic) bond motifs is 1. The fraction of sp³-hybridized carbons (Fsp3) is 0.478. The lowest BCUT2D eigenvalue weighted by Gasteiger charge is -2.28. The first-order chi connectivity index (χ1) is 14.6. The van der Waals surface area contributed by atoms with Crippen LogP contribution in [0.25, 0.3) is 11.4 Å². The molecule has 3 aromatic rings. The minimum atomic E-state index is 0.186. The van der Waals surface area contributed by atoms with Crippen molar-refractivity contribution in [2.24, 2.45) is 0 Å². The summed E-state index contributed by atoms with van der Waals surface area (Å²) in [5, 5.41) is 4.86. The molecule has 0 N–H and O–H groups in total. The molecule has 0 spiro atoms. The first kappa shape index (κ1) is 20.6. The van der Waals surface area contributed by atoms with Crippen LogP contribution >= 0.6 is 0 Å². The number of benzene rings is 1. The van der Waals surface area contributed by atoms with Gasteiger partial charge in [0.15, 0.2) is 6.39 Å². The molecule has 1 aliphatic rings. The van der Waals surface area contributed by atoms with Gasteiger partial charge in [-0.05, 0) is 38.5 Å². The Morgan fingerprint density at radius 1 is 1.20 bits per heavy atom. The van der Waals surface area contributed by atoms with Gasteiger partial charge in [-0.15, -0.1) is 0 Å². The van der Waals surface area contributed by atoms with E-state index in [1.165, 1.54) is 23.2 Å². The molecule has 4 rings (SSSR count). The second-order valence-electron chi connectivity index (χ2n) is 7.84. The van der Waals surface area contributed by atoms with Crippen LogP contribution in [0.2, 0.25) is 0 Å². The Kier molecular flexibility index (Phi) is 6.50. The third kappa shape index (κ3) is 4.74. The molecule has 2 aromatic heterocycles. The smallest absolute Gasteiger partial charge is 0.181 e. The molecule has 0 saturated carbocycles. The second-order valence-corrected chi connectivity index (χ2v) is 7.84. The van der Waals surface area contributed by atoms with Crippen molar-refractivity contribution >= 4 is 0 Å². The summed E-state index contributed by atoms with van der Waals surface area (Å²) in [6.45, 7) is 11.0. The van der Waals surface area contributed by atoms with Gasteiger partial charge in [0.2, 0.25) is 0 Å². The average molecular weight is 411 g/mol. The Labute approximate surface area is 177 Å². The van der Waals surface area contributed by atoms with E-state index < -0.39 is 0 Å². The van der Waals surface area contributed by atoms with Gasteiger partial charge in [0.25, 0.3) is 0 Å². The van der Waals surface area contributed by atoms with E-state index >= 15 is 0 Å². The van der Waals surface area contributed by atoms with Crippen molar-refractivity contribution in [3.05, 3.63) is 53.7 Å². The zero-order valence-electron chi connectivity index (χ0n) is 18.0. The van der Waals surface area contributed by atoms with Gasteiger partial charge in [0.05, 0.1) is 19.3 Å². The lowest BCUT2D eigenvalue weighted by molar-refractivity contribution is 0.135. The molecule has 160 valence electrons. The van der Waals surface area contributed by atoms with E-state index in [0.717, 1.165) is 49.7 Å². The molecule has 0 fully saturated rings. The van der Waals surface area contributed by atoms with Crippen molar-refractivity contribution in [2.75, 3.05) is 19.8 Å². The van der Waals surface area contributed by atoms with Crippen LogP contribution < -0.4 is 4.74 Å². The molecule has 30 heavy (non-hydrogen) atoms. The highest BCUT2D eigenvalue weighted by Crippen LogP contribution is 2.30. The Hall–Kier alpha value is -2.64. The molecule has 1 aromatic carbocycles. The maximum atomic E-state index is 5.76. The van der Waals surface area contributed by atoms with Crippen molar-refractivity contribution in [1.29, 1.82) is 0 Å². The largest absolute Gasteiger partial charge is 0.491 e. The van der Waals surface area contributed by atoms with Crippen molar-refractivity contribution in [3.8, 4) is 17.1 Å². The lowest BCUT2D eigenvalue weighted by atomic mass is 10.0. The SMILES string of the molecule is CCOCCn1nc(-c2cocn2)c2c1CCN(Cc1ccc(OC(C)C)cc1)C2. The normalized spacial score (nSPS) is 14.3. The van der Waals surface area contributed by atoms with E-state index in [9.17, 15) is 0 Å². The van der Waals surface area contributed by atoms with Crippen molar-refractivity contribution in [1.82, 2.24) is 19.7 Å². The molecule has 0 amide bonds. The molecule has 1 aliphatic heterocycles. The lowest BCUT2D eigenvalue weighted by Crippen LogP contribution is -2.31. The van der Waals surface area contributed by atoms with Gasteiger partial charge in [-0.3, -0.25) is 9.58 Å². The minimum Gasteiger partial charge on any atom is -0.491 e. The molecule has 0 aliphatic carbocycles. The van der Waals surface area contributed by atoms with Crippen molar-refractivity contribution in [2.45, 2.75) is 52.9 Å².